The summed E-state index contributed by atoms with van der Waals surface area (Å²) in [5, 5.41) is 18.8. The van der Waals surface area contributed by atoms with Crippen molar-refractivity contribution in [1.82, 2.24) is 14.7 Å². The number of rotatable bonds is 1. The third-order valence-electron chi connectivity index (χ3n) is 3.21. The summed E-state index contributed by atoms with van der Waals surface area (Å²) in [7, 11) is 1.78. The zero-order valence-electron chi connectivity index (χ0n) is 9.24. The average molecular weight is 259 g/mol. The van der Waals surface area contributed by atoms with Crippen molar-refractivity contribution >= 4 is 29.4 Å². The first-order chi connectivity index (χ1) is 7.93. The van der Waals surface area contributed by atoms with E-state index in [2.05, 4.69) is 0 Å². The number of amides is 1. The van der Waals surface area contributed by atoms with E-state index in [4.69, 9.17) is 17.3 Å². The van der Waals surface area contributed by atoms with Crippen LogP contribution in [-0.2, 0) is 4.79 Å². The zero-order chi connectivity index (χ0) is 12.7. The fraction of sp³-hybridized carbons (Fsp3) is 0.667. The predicted octanol–water partition coefficient (Wildman–Crippen LogP) is -0.666. The summed E-state index contributed by atoms with van der Waals surface area (Å²) in [5.74, 6) is -1.12. The predicted molar refractivity (Wildman–Crippen MR) is 61.9 cm³/mol. The molecule has 0 spiro atoms. The highest BCUT2D eigenvalue weighted by Crippen LogP contribution is 2.25. The van der Waals surface area contributed by atoms with E-state index in [1.165, 1.54) is 0 Å². The van der Waals surface area contributed by atoms with Crippen LogP contribution in [0.4, 0.5) is 4.79 Å². The topological polar surface area (TPSA) is 84.3 Å². The maximum atomic E-state index is 11.2. The van der Waals surface area contributed by atoms with Gasteiger partial charge in [-0.05, 0) is 12.2 Å². The van der Waals surface area contributed by atoms with Crippen LogP contribution < -0.4 is 0 Å². The molecule has 7 nitrogen and oxygen atoms in total. The second-order valence-electron chi connectivity index (χ2n) is 4.18. The lowest BCUT2D eigenvalue weighted by atomic mass is 10.0. The highest BCUT2D eigenvalue weighted by Gasteiger charge is 2.48. The second kappa shape index (κ2) is 4.02. The number of carboxylic acids is 1. The average Bonchev–Trinajstić information content (AvgIpc) is 2.53. The Morgan fingerprint density at radius 1 is 1.35 bits per heavy atom. The minimum absolute atomic E-state index is 0.163. The van der Waals surface area contributed by atoms with E-state index >= 15 is 0 Å². The Morgan fingerprint density at radius 3 is 2.53 bits per heavy atom. The van der Waals surface area contributed by atoms with Gasteiger partial charge in [-0.25, -0.2) is 9.59 Å². The molecule has 17 heavy (non-hydrogen) atoms. The molecule has 1 amide bonds. The molecule has 0 saturated carbocycles. The molecular weight excluding hydrogens is 246 g/mol. The number of piperazine rings is 1. The summed E-state index contributed by atoms with van der Waals surface area (Å²) in [6.45, 7) is 1.06. The maximum absolute atomic E-state index is 11.2. The number of thiocarbonyl (C=S) groups is 1. The molecule has 2 heterocycles. The number of carboxylic acid groups (broad SMARTS) is 2. The summed E-state index contributed by atoms with van der Waals surface area (Å²) in [4.78, 5) is 26.8. The van der Waals surface area contributed by atoms with Crippen LogP contribution >= 0.6 is 12.2 Å². The molecule has 0 aromatic carbocycles. The lowest BCUT2D eigenvalue weighted by Gasteiger charge is -2.40. The minimum atomic E-state index is -1.20. The molecular formula is C9H13N3O4S. The van der Waals surface area contributed by atoms with Crippen LogP contribution in [0.3, 0.4) is 0 Å². The van der Waals surface area contributed by atoms with E-state index in [-0.39, 0.29) is 6.54 Å². The molecule has 2 unspecified atom stereocenters. The molecule has 8 heteroatoms. The van der Waals surface area contributed by atoms with Gasteiger partial charge in [0.05, 0.1) is 6.04 Å². The number of likely N-dealkylation sites (N-methyl/N-ethyl adjacent to an activating group) is 1. The van der Waals surface area contributed by atoms with E-state index in [1.54, 1.807) is 16.8 Å². The monoisotopic (exact) mass is 259 g/mol. The molecule has 2 saturated heterocycles. The van der Waals surface area contributed by atoms with Gasteiger partial charge in [0, 0.05) is 26.7 Å². The summed E-state index contributed by atoms with van der Waals surface area (Å²) in [6.07, 6.45) is -1.20. The van der Waals surface area contributed by atoms with Gasteiger partial charge in [-0.2, -0.15) is 0 Å². The fourth-order valence-electron chi connectivity index (χ4n) is 2.42. The van der Waals surface area contributed by atoms with Gasteiger partial charge in [0.25, 0.3) is 0 Å². The van der Waals surface area contributed by atoms with E-state index in [0.717, 1.165) is 4.90 Å². The third kappa shape index (κ3) is 1.78. The lowest BCUT2D eigenvalue weighted by molar-refractivity contribution is -0.146. The molecule has 0 aromatic rings. The van der Waals surface area contributed by atoms with Gasteiger partial charge in [0.1, 0.15) is 0 Å². The molecule has 2 aliphatic rings. The van der Waals surface area contributed by atoms with Gasteiger partial charge in [-0.1, -0.05) is 0 Å². The van der Waals surface area contributed by atoms with Crippen molar-refractivity contribution in [3.63, 3.8) is 0 Å². The molecule has 0 bridgehead atoms. The first-order valence-corrected chi connectivity index (χ1v) is 5.58. The Kier molecular flexibility index (Phi) is 2.82. The summed E-state index contributed by atoms with van der Waals surface area (Å²) in [5.41, 5.74) is 0. The first kappa shape index (κ1) is 11.9. The Morgan fingerprint density at radius 2 is 2.00 bits per heavy atom. The molecule has 94 valence electrons. The van der Waals surface area contributed by atoms with Gasteiger partial charge in [0.2, 0.25) is 0 Å². The van der Waals surface area contributed by atoms with Gasteiger partial charge in [-0.3, -0.25) is 4.90 Å². The quantitative estimate of drug-likeness (QED) is 0.604. The smallest absolute Gasteiger partial charge is 0.408 e. The number of nitrogens with zero attached hydrogens (tertiary/aromatic N) is 3. The van der Waals surface area contributed by atoms with Gasteiger partial charge < -0.3 is 20.0 Å². The van der Waals surface area contributed by atoms with Gasteiger partial charge >= 0.3 is 12.1 Å². The van der Waals surface area contributed by atoms with Crippen molar-refractivity contribution in [1.29, 1.82) is 0 Å². The molecule has 2 N–H and O–H groups in total. The lowest BCUT2D eigenvalue weighted by Crippen LogP contribution is -2.62. The normalized spacial score (nSPS) is 28.3. The largest absolute Gasteiger partial charge is 0.480 e. The first-order valence-electron chi connectivity index (χ1n) is 5.17. The molecule has 2 fully saturated rings. The Bertz CT molecular complexity index is 388. The SMILES string of the molecule is CN1CC2C(C(=O)O)N(C(=O)O)CCN2C1=S. The molecule has 2 atom stereocenters. The van der Waals surface area contributed by atoms with Crippen molar-refractivity contribution in [3.8, 4) is 0 Å². The maximum Gasteiger partial charge on any atom is 0.408 e. The number of hydrogen-bond acceptors (Lipinski definition) is 3. The van der Waals surface area contributed by atoms with Crippen molar-refractivity contribution in [3.05, 3.63) is 0 Å². The fourth-order valence-corrected chi connectivity index (χ4v) is 2.73. The van der Waals surface area contributed by atoms with Crippen LogP contribution in [-0.4, -0.2) is 80.9 Å². The second-order valence-corrected chi connectivity index (χ2v) is 4.55. The highest BCUT2D eigenvalue weighted by atomic mass is 32.1. The van der Waals surface area contributed by atoms with Crippen LogP contribution in [0.15, 0.2) is 0 Å². The summed E-state index contributed by atoms with van der Waals surface area (Å²) in [6, 6.07) is -1.45. The highest BCUT2D eigenvalue weighted by molar-refractivity contribution is 7.80. The Labute approximate surface area is 103 Å². The van der Waals surface area contributed by atoms with Crippen LogP contribution in [0.2, 0.25) is 0 Å². The molecule has 2 aliphatic heterocycles. The van der Waals surface area contributed by atoms with Crippen LogP contribution in [0.25, 0.3) is 0 Å². The number of fused-ring (bicyclic) bond motifs is 1. The summed E-state index contributed by atoms with van der Waals surface area (Å²) < 4.78 is 0. The molecule has 0 aliphatic carbocycles. The molecule has 2 rings (SSSR count). The molecule has 0 aromatic heterocycles. The van der Waals surface area contributed by atoms with E-state index < -0.39 is 24.1 Å². The number of hydrogen-bond donors (Lipinski definition) is 2. The van der Waals surface area contributed by atoms with E-state index in [9.17, 15) is 14.7 Å². The van der Waals surface area contributed by atoms with Crippen LogP contribution in [0.5, 0.6) is 0 Å². The Balaban J connectivity index is 2.30. The van der Waals surface area contributed by atoms with Crippen molar-refractivity contribution in [2.45, 2.75) is 12.1 Å². The zero-order valence-corrected chi connectivity index (χ0v) is 10.1. The van der Waals surface area contributed by atoms with Crippen LogP contribution in [0, 0.1) is 0 Å². The van der Waals surface area contributed by atoms with Crippen molar-refractivity contribution in [2.75, 3.05) is 26.7 Å². The standard InChI is InChI=1S/C9H13N3O4S/c1-10-4-5-6(7(13)14)12(9(15)16)3-2-11(5)8(10)17/h5-6H,2-4H2,1H3,(H,13,14)(H,15,16). The molecule has 0 radical (unpaired) electrons. The number of carbonyl (C=O) groups is 2. The van der Waals surface area contributed by atoms with Crippen molar-refractivity contribution < 1.29 is 19.8 Å². The van der Waals surface area contributed by atoms with Crippen molar-refractivity contribution in [2.24, 2.45) is 0 Å². The minimum Gasteiger partial charge on any atom is -0.480 e. The van der Waals surface area contributed by atoms with Gasteiger partial charge in [0.15, 0.2) is 11.2 Å². The van der Waals surface area contributed by atoms with Gasteiger partial charge in [-0.15, -0.1) is 0 Å². The Hall–Kier alpha value is -1.57. The summed E-state index contributed by atoms with van der Waals surface area (Å²) >= 11 is 5.18. The van der Waals surface area contributed by atoms with E-state index in [0.29, 0.717) is 18.2 Å². The van der Waals surface area contributed by atoms with E-state index in [1.807, 2.05) is 0 Å². The van der Waals surface area contributed by atoms with Crippen LogP contribution in [0.1, 0.15) is 0 Å². The third-order valence-corrected chi connectivity index (χ3v) is 3.76. The number of aliphatic carboxylic acids is 1.